The van der Waals surface area contributed by atoms with Gasteiger partial charge in [0.1, 0.15) is 6.54 Å². The number of benzene rings is 2. The van der Waals surface area contributed by atoms with E-state index in [0.717, 1.165) is 25.1 Å². The molecule has 2 aromatic carbocycles. The zero-order valence-corrected chi connectivity index (χ0v) is 13.6. The van der Waals surface area contributed by atoms with Gasteiger partial charge in [0.25, 0.3) is 0 Å². The molecule has 2 heterocycles. The summed E-state index contributed by atoms with van der Waals surface area (Å²) in [5, 5.41) is 0. The van der Waals surface area contributed by atoms with Crippen LogP contribution in [-0.4, -0.2) is 29.9 Å². The van der Waals surface area contributed by atoms with Gasteiger partial charge >= 0.3 is 0 Å². The molecule has 4 heteroatoms. The molecule has 0 bridgehead atoms. The summed E-state index contributed by atoms with van der Waals surface area (Å²) in [4.78, 5) is 27.9. The van der Waals surface area contributed by atoms with E-state index in [4.69, 9.17) is 0 Å². The van der Waals surface area contributed by atoms with Crippen molar-refractivity contribution in [3.63, 3.8) is 0 Å². The fourth-order valence-electron chi connectivity index (χ4n) is 3.80. The van der Waals surface area contributed by atoms with Crippen molar-refractivity contribution >= 4 is 11.8 Å². The van der Waals surface area contributed by atoms with Crippen molar-refractivity contribution in [2.45, 2.75) is 25.3 Å². The van der Waals surface area contributed by atoms with Gasteiger partial charge in [-0.2, -0.15) is 0 Å². The maximum atomic E-state index is 12.7. The van der Waals surface area contributed by atoms with Crippen LogP contribution in [0, 0.1) is 0 Å². The molecule has 24 heavy (non-hydrogen) atoms. The van der Waals surface area contributed by atoms with Gasteiger partial charge in [-0.15, -0.1) is 0 Å². The topological polar surface area (TPSA) is 41.8 Å². The number of amides is 2. The Bertz CT molecular complexity index is 772. The van der Waals surface area contributed by atoms with Crippen LogP contribution in [0.4, 0.5) is 0 Å². The number of imide groups is 1. The molecule has 2 aromatic rings. The molecular formula is C20H21N2O2+. The Hall–Kier alpha value is -2.46. The van der Waals surface area contributed by atoms with Crippen molar-refractivity contribution in [1.82, 2.24) is 4.90 Å². The highest BCUT2D eigenvalue weighted by Gasteiger charge is 2.41. The minimum Gasteiger partial charge on any atom is -0.313 e. The smallest absolute Gasteiger partial charge is 0.241 e. The number of rotatable bonds is 3. The first-order valence-electron chi connectivity index (χ1n) is 8.52. The minimum atomic E-state index is -0.310. The Labute approximate surface area is 141 Å². The fraction of sp³-hybridized carbons (Fsp3) is 0.300. The molecule has 122 valence electrons. The predicted molar refractivity (Wildman–Crippen MR) is 90.2 cm³/mol. The van der Waals surface area contributed by atoms with E-state index in [0.29, 0.717) is 13.1 Å². The van der Waals surface area contributed by atoms with Crippen molar-refractivity contribution in [2.75, 3.05) is 13.2 Å². The second-order valence-corrected chi connectivity index (χ2v) is 6.68. The first-order chi connectivity index (χ1) is 11.7. The van der Waals surface area contributed by atoms with Crippen LogP contribution < -0.4 is 4.90 Å². The zero-order chi connectivity index (χ0) is 16.5. The molecule has 1 fully saturated rings. The second-order valence-electron chi connectivity index (χ2n) is 6.68. The number of likely N-dealkylation sites (tertiary alicyclic amines) is 1. The van der Waals surface area contributed by atoms with Crippen LogP contribution in [0.2, 0.25) is 0 Å². The zero-order valence-electron chi connectivity index (χ0n) is 13.6. The first kappa shape index (κ1) is 15.1. The number of carbonyl (C=O) groups excluding carboxylic acids is 2. The summed E-state index contributed by atoms with van der Waals surface area (Å²) in [6.45, 7) is 2.32. The Kier molecular flexibility index (Phi) is 3.90. The number of hydrogen-bond acceptors (Lipinski definition) is 2. The maximum Gasteiger partial charge on any atom is 0.241 e. The second kappa shape index (κ2) is 6.21. The molecule has 1 unspecified atom stereocenters. The van der Waals surface area contributed by atoms with E-state index in [1.54, 1.807) is 0 Å². The lowest BCUT2D eigenvalue weighted by atomic mass is 9.98. The van der Waals surface area contributed by atoms with Gasteiger partial charge in [-0.25, -0.2) is 4.90 Å². The molecule has 4 rings (SSSR count). The SMILES string of the molecule is O=C1C[C@@H](c2ccccc2)C(=O)N1C[NH+]1CCc2ccccc2C1. The quantitative estimate of drug-likeness (QED) is 0.861. The van der Waals surface area contributed by atoms with Crippen LogP contribution in [0.1, 0.15) is 29.0 Å². The summed E-state index contributed by atoms with van der Waals surface area (Å²) in [5.41, 5.74) is 3.66. The number of quaternary nitrogens is 1. The molecule has 2 aliphatic heterocycles. The number of hydrogen-bond donors (Lipinski definition) is 1. The Balaban J connectivity index is 1.48. The van der Waals surface area contributed by atoms with Gasteiger partial charge < -0.3 is 4.90 Å². The van der Waals surface area contributed by atoms with Crippen molar-refractivity contribution in [3.05, 3.63) is 71.3 Å². The van der Waals surface area contributed by atoms with E-state index in [9.17, 15) is 9.59 Å². The van der Waals surface area contributed by atoms with E-state index in [1.807, 2.05) is 30.3 Å². The first-order valence-corrected chi connectivity index (χ1v) is 8.52. The van der Waals surface area contributed by atoms with Gasteiger partial charge in [0.2, 0.25) is 11.8 Å². The molecule has 2 amide bonds. The molecule has 0 saturated carbocycles. The van der Waals surface area contributed by atoms with E-state index in [2.05, 4.69) is 24.3 Å². The van der Waals surface area contributed by atoms with Gasteiger partial charge in [-0.05, 0) is 11.1 Å². The molecule has 1 N–H and O–H groups in total. The third kappa shape index (κ3) is 2.74. The van der Waals surface area contributed by atoms with E-state index >= 15 is 0 Å². The van der Waals surface area contributed by atoms with Crippen molar-refractivity contribution in [2.24, 2.45) is 0 Å². The number of fused-ring (bicyclic) bond motifs is 1. The summed E-state index contributed by atoms with van der Waals surface area (Å²) < 4.78 is 0. The van der Waals surface area contributed by atoms with E-state index < -0.39 is 0 Å². The highest BCUT2D eigenvalue weighted by atomic mass is 16.2. The van der Waals surface area contributed by atoms with Crippen LogP contribution >= 0.6 is 0 Å². The van der Waals surface area contributed by atoms with Crippen LogP contribution in [-0.2, 0) is 22.6 Å². The summed E-state index contributed by atoms with van der Waals surface area (Å²) in [6.07, 6.45) is 1.30. The van der Waals surface area contributed by atoms with E-state index in [-0.39, 0.29) is 17.7 Å². The van der Waals surface area contributed by atoms with Crippen LogP contribution in [0.5, 0.6) is 0 Å². The standard InChI is InChI=1S/C20H20N2O2/c23-19-12-18(16-7-2-1-3-8-16)20(24)22(19)14-21-11-10-15-6-4-5-9-17(15)13-21/h1-9,18H,10-14H2/p+1/t18-/m0/s1. The third-order valence-electron chi connectivity index (χ3n) is 5.13. The van der Waals surface area contributed by atoms with Crippen molar-refractivity contribution in [3.8, 4) is 0 Å². The van der Waals surface area contributed by atoms with Gasteiger partial charge in [0.05, 0.1) is 12.5 Å². The number of nitrogens with zero attached hydrogens (tertiary/aromatic N) is 1. The predicted octanol–water partition coefficient (Wildman–Crippen LogP) is 1.13. The average molecular weight is 321 g/mol. The lowest BCUT2D eigenvalue weighted by Gasteiger charge is -2.28. The number of nitrogens with one attached hydrogen (secondary N) is 1. The summed E-state index contributed by atoms with van der Waals surface area (Å²) in [6, 6.07) is 18.1. The molecule has 0 aliphatic carbocycles. The highest BCUT2D eigenvalue weighted by Crippen LogP contribution is 2.28. The monoisotopic (exact) mass is 321 g/mol. The van der Waals surface area contributed by atoms with E-state index in [1.165, 1.54) is 20.9 Å². The minimum absolute atomic E-state index is 0.0415. The summed E-state index contributed by atoms with van der Waals surface area (Å²) in [5.74, 6) is -0.395. The molecule has 0 aromatic heterocycles. The average Bonchev–Trinajstić information content (AvgIpc) is 2.90. The lowest BCUT2D eigenvalue weighted by molar-refractivity contribution is -0.923. The number of carbonyl (C=O) groups is 2. The Morgan fingerprint density at radius 1 is 0.958 bits per heavy atom. The summed E-state index contributed by atoms with van der Waals surface area (Å²) in [7, 11) is 0. The molecular weight excluding hydrogens is 300 g/mol. The van der Waals surface area contributed by atoms with Crippen LogP contribution in [0.15, 0.2) is 54.6 Å². The summed E-state index contributed by atoms with van der Waals surface area (Å²) >= 11 is 0. The Morgan fingerprint density at radius 3 is 2.46 bits per heavy atom. The van der Waals surface area contributed by atoms with Crippen LogP contribution in [0.25, 0.3) is 0 Å². The molecule has 2 aliphatic rings. The lowest BCUT2D eigenvalue weighted by Crippen LogP contribution is -3.13. The van der Waals surface area contributed by atoms with Crippen molar-refractivity contribution < 1.29 is 14.5 Å². The fourth-order valence-corrected chi connectivity index (χ4v) is 3.80. The Morgan fingerprint density at radius 2 is 1.67 bits per heavy atom. The van der Waals surface area contributed by atoms with Gasteiger partial charge in [-0.1, -0.05) is 54.6 Å². The molecule has 2 atom stereocenters. The van der Waals surface area contributed by atoms with Crippen molar-refractivity contribution in [1.29, 1.82) is 0 Å². The van der Waals surface area contributed by atoms with Crippen LogP contribution in [0.3, 0.4) is 0 Å². The molecule has 4 nitrogen and oxygen atoms in total. The largest absolute Gasteiger partial charge is 0.313 e. The molecule has 0 radical (unpaired) electrons. The highest BCUT2D eigenvalue weighted by molar-refractivity contribution is 6.06. The molecule has 0 spiro atoms. The van der Waals surface area contributed by atoms with Gasteiger partial charge in [-0.3, -0.25) is 9.59 Å². The molecule has 1 saturated heterocycles. The van der Waals surface area contributed by atoms with Gasteiger partial charge in [0.15, 0.2) is 6.67 Å². The third-order valence-corrected chi connectivity index (χ3v) is 5.13. The van der Waals surface area contributed by atoms with Gasteiger partial charge in [0, 0.05) is 18.4 Å². The maximum absolute atomic E-state index is 12.7. The normalized spacial score (nSPS) is 23.4.